The van der Waals surface area contributed by atoms with Crippen LogP contribution in [0.4, 0.5) is 0 Å². The van der Waals surface area contributed by atoms with E-state index < -0.39 is 0 Å². The molecular formula is C11H11NO2. The van der Waals surface area contributed by atoms with Crippen LogP contribution in [-0.4, -0.2) is 16.6 Å². The lowest BCUT2D eigenvalue weighted by atomic mass is 9.83. The van der Waals surface area contributed by atoms with E-state index in [4.69, 9.17) is 0 Å². The van der Waals surface area contributed by atoms with Crippen molar-refractivity contribution < 1.29 is 9.59 Å². The van der Waals surface area contributed by atoms with Gasteiger partial charge in [-0.1, -0.05) is 0 Å². The van der Waals surface area contributed by atoms with Crippen LogP contribution in [0.5, 0.6) is 0 Å². The molecule has 0 radical (unpaired) electrons. The molecule has 0 aromatic carbocycles. The molecular weight excluding hydrogens is 178 g/mol. The molecule has 3 heteroatoms. The molecule has 1 saturated carbocycles. The first-order valence-corrected chi connectivity index (χ1v) is 4.71. The van der Waals surface area contributed by atoms with Crippen molar-refractivity contribution in [2.75, 3.05) is 0 Å². The Morgan fingerprint density at radius 1 is 1.21 bits per heavy atom. The van der Waals surface area contributed by atoms with Gasteiger partial charge in [0.15, 0.2) is 0 Å². The number of Topliss-reactive ketones (excluding diaryl/α,β-unsaturated/α-hetero) is 2. The highest BCUT2D eigenvalue weighted by molar-refractivity contribution is 6.04. The van der Waals surface area contributed by atoms with Gasteiger partial charge in [-0.3, -0.25) is 14.6 Å². The van der Waals surface area contributed by atoms with Crippen molar-refractivity contribution in [1.82, 2.24) is 4.98 Å². The molecule has 1 aliphatic carbocycles. The summed E-state index contributed by atoms with van der Waals surface area (Å²) in [5, 5.41) is 0. The largest absolute Gasteiger partial charge is 0.299 e. The number of nitrogens with zero attached hydrogens (tertiary/aromatic N) is 1. The Kier molecular flexibility index (Phi) is 2.39. The molecule has 0 amide bonds. The number of hydrogen-bond donors (Lipinski definition) is 0. The van der Waals surface area contributed by atoms with Crippen molar-refractivity contribution in [3.63, 3.8) is 0 Å². The lowest BCUT2D eigenvalue weighted by molar-refractivity contribution is -0.130. The Morgan fingerprint density at radius 2 is 1.93 bits per heavy atom. The van der Waals surface area contributed by atoms with Crippen molar-refractivity contribution in [2.24, 2.45) is 0 Å². The van der Waals surface area contributed by atoms with Gasteiger partial charge in [0.2, 0.25) is 0 Å². The predicted molar refractivity (Wildman–Crippen MR) is 50.8 cm³/mol. The van der Waals surface area contributed by atoms with Gasteiger partial charge in [-0.15, -0.1) is 0 Å². The fourth-order valence-electron chi connectivity index (χ4n) is 1.82. The number of carbonyl (C=O) groups excluding carboxylic acids is 2. The minimum atomic E-state index is -0.0873. The van der Waals surface area contributed by atoms with Crippen LogP contribution in [0.2, 0.25) is 0 Å². The third-order valence-corrected chi connectivity index (χ3v) is 2.58. The summed E-state index contributed by atoms with van der Waals surface area (Å²) in [7, 11) is 0. The van der Waals surface area contributed by atoms with Crippen molar-refractivity contribution in [3.8, 4) is 0 Å². The normalized spacial score (nSPS) is 22.4. The van der Waals surface area contributed by atoms with Crippen LogP contribution < -0.4 is 0 Å². The van der Waals surface area contributed by atoms with Crippen molar-refractivity contribution in [2.45, 2.75) is 25.2 Å². The minimum Gasteiger partial charge on any atom is -0.299 e. The van der Waals surface area contributed by atoms with Crippen LogP contribution in [0.1, 0.15) is 30.7 Å². The fraction of sp³-hybridized carbons (Fsp3) is 0.364. The summed E-state index contributed by atoms with van der Waals surface area (Å²) >= 11 is 0. The van der Waals surface area contributed by atoms with Gasteiger partial charge in [-0.05, 0) is 24.1 Å². The van der Waals surface area contributed by atoms with E-state index in [0.29, 0.717) is 12.8 Å². The zero-order valence-corrected chi connectivity index (χ0v) is 7.77. The number of pyridine rings is 1. The molecule has 1 unspecified atom stereocenters. The molecule has 3 nitrogen and oxygen atoms in total. The van der Waals surface area contributed by atoms with Crippen molar-refractivity contribution in [3.05, 3.63) is 30.1 Å². The lowest BCUT2D eigenvalue weighted by Crippen LogP contribution is -2.23. The van der Waals surface area contributed by atoms with E-state index in [-0.39, 0.29) is 23.9 Å². The second-order valence-corrected chi connectivity index (χ2v) is 3.55. The van der Waals surface area contributed by atoms with Gasteiger partial charge in [0, 0.05) is 24.7 Å². The van der Waals surface area contributed by atoms with E-state index >= 15 is 0 Å². The highest BCUT2D eigenvalue weighted by Crippen LogP contribution is 2.27. The molecule has 1 fully saturated rings. The molecule has 0 spiro atoms. The molecule has 2 rings (SSSR count). The molecule has 1 aromatic heterocycles. The Bertz CT molecular complexity index is 359. The zero-order valence-electron chi connectivity index (χ0n) is 7.77. The van der Waals surface area contributed by atoms with E-state index in [1.54, 1.807) is 12.4 Å². The zero-order chi connectivity index (χ0) is 9.97. The van der Waals surface area contributed by atoms with Gasteiger partial charge in [0.1, 0.15) is 11.6 Å². The number of rotatable bonds is 1. The predicted octanol–water partition coefficient (Wildman–Crippen LogP) is 1.49. The topological polar surface area (TPSA) is 47.0 Å². The number of ketones is 2. The molecule has 1 aromatic rings. The Labute approximate surface area is 82.2 Å². The second kappa shape index (κ2) is 3.70. The van der Waals surface area contributed by atoms with Crippen LogP contribution in [-0.2, 0) is 9.59 Å². The number of carbonyl (C=O) groups is 2. The van der Waals surface area contributed by atoms with Crippen LogP contribution in [0.25, 0.3) is 0 Å². The quantitative estimate of drug-likeness (QED) is 0.629. The molecule has 0 N–H and O–H groups in total. The van der Waals surface area contributed by atoms with Gasteiger partial charge < -0.3 is 0 Å². The van der Waals surface area contributed by atoms with Crippen molar-refractivity contribution in [1.29, 1.82) is 0 Å². The smallest absolute Gasteiger partial charge is 0.147 e. The summed E-state index contributed by atoms with van der Waals surface area (Å²) in [6.45, 7) is 0. The number of aromatic nitrogens is 1. The van der Waals surface area contributed by atoms with Crippen molar-refractivity contribution >= 4 is 11.6 Å². The van der Waals surface area contributed by atoms with Gasteiger partial charge in [0.25, 0.3) is 0 Å². The Balaban J connectivity index is 2.20. The summed E-state index contributed by atoms with van der Waals surface area (Å²) in [4.78, 5) is 26.5. The Hall–Kier alpha value is -1.51. The second-order valence-electron chi connectivity index (χ2n) is 3.55. The molecule has 0 bridgehead atoms. The first-order chi connectivity index (χ1) is 6.77. The van der Waals surface area contributed by atoms with E-state index in [1.807, 2.05) is 12.1 Å². The number of hydrogen-bond acceptors (Lipinski definition) is 3. The summed E-state index contributed by atoms with van der Waals surface area (Å²) in [5.41, 5.74) is 0.984. The first-order valence-electron chi connectivity index (χ1n) is 4.71. The average Bonchev–Trinajstić information content (AvgIpc) is 2.19. The maximum atomic E-state index is 11.6. The summed E-state index contributed by atoms with van der Waals surface area (Å²) in [5.74, 6) is 0.0310. The van der Waals surface area contributed by atoms with Gasteiger partial charge in [-0.2, -0.15) is 0 Å². The summed E-state index contributed by atoms with van der Waals surface area (Å²) in [6, 6.07) is 3.69. The molecule has 72 valence electrons. The van der Waals surface area contributed by atoms with E-state index in [2.05, 4.69) is 4.98 Å². The molecule has 0 aliphatic heterocycles. The fourth-order valence-corrected chi connectivity index (χ4v) is 1.82. The van der Waals surface area contributed by atoms with Gasteiger partial charge >= 0.3 is 0 Å². The maximum Gasteiger partial charge on any atom is 0.147 e. The van der Waals surface area contributed by atoms with Crippen LogP contribution in [0, 0.1) is 0 Å². The van der Waals surface area contributed by atoms with Crippen LogP contribution in [0.15, 0.2) is 24.5 Å². The molecule has 1 aliphatic rings. The minimum absolute atomic E-state index is 0.0486. The van der Waals surface area contributed by atoms with Crippen LogP contribution >= 0.6 is 0 Å². The van der Waals surface area contributed by atoms with Gasteiger partial charge in [0.05, 0.1) is 6.42 Å². The first kappa shape index (κ1) is 9.06. The highest BCUT2D eigenvalue weighted by Gasteiger charge is 2.27. The van der Waals surface area contributed by atoms with E-state index in [9.17, 15) is 9.59 Å². The molecule has 14 heavy (non-hydrogen) atoms. The monoisotopic (exact) mass is 189 g/mol. The Morgan fingerprint density at radius 3 is 2.57 bits per heavy atom. The summed E-state index contributed by atoms with van der Waals surface area (Å²) < 4.78 is 0. The SMILES string of the molecule is O=C1CCC(c2ccncc2)C(=O)C1. The molecule has 0 saturated heterocycles. The van der Waals surface area contributed by atoms with E-state index in [0.717, 1.165) is 5.56 Å². The molecule has 1 heterocycles. The average molecular weight is 189 g/mol. The summed E-state index contributed by atoms with van der Waals surface area (Å²) in [6.07, 6.45) is 4.64. The third-order valence-electron chi connectivity index (χ3n) is 2.58. The maximum absolute atomic E-state index is 11.6. The standard InChI is InChI=1S/C11H11NO2/c13-9-1-2-10(11(14)7-9)8-3-5-12-6-4-8/h3-6,10H,1-2,7H2. The van der Waals surface area contributed by atoms with E-state index in [1.165, 1.54) is 0 Å². The highest BCUT2D eigenvalue weighted by atomic mass is 16.1. The van der Waals surface area contributed by atoms with Crippen LogP contribution in [0.3, 0.4) is 0 Å². The molecule has 1 atom stereocenters. The third kappa shape index (κ3) is 1.71. The van der Waals surface area contributed by atoms with Gasteiger partial charge in [-0.25, -0.2) is 0 Å². The lowest BCUT2D eigenvalue weighted by Gasteiger charge is -2.19.